The molecule has 0 saturated carbocycles. The van der Waals surface area contributed by atoms with E-state index >= 15 is 0 Å². The third-order valence-electron chi connectivity index (χ3n) is 3.46. The average molecular weight is 324 g/mol. The van der Waals surface area contributed by atoms with Crippen molar-refractivity contribution in [3.8, 4) is 0 Å². The molecule has 2 heterocycles. The van der Waals surface area contributed by atoms with Crippen LogP contribution < -0.4 is 5.32 Å². The number of thiazole rings is 1. The number of nitrogens with one attached hydrogen (secondary N) is 1. The SMILES string of the molecule is O=C(Cc1nc2ccccc2s1)CC1CS(=O)(=O)CCN1. The highest BCUT2D eigenvalue weighted by atomic mass is 32.2. The predicted octanol–water partition coefficient (Wildman–Crippen LogP) is 1.18. The highest BCUT2D eigenvalue weighted by Gasteiger charge is 2.26. The molecule has 7 heteroatoms. The number of aromatic nitrogens is 1. The number of sulfone groups is 1. The number of para-hydroxylation sites is 1. The highest BCUT2D eigenvalue weighted by molar-refractivity contribution is 7.91. The van der Waals surface area contributed by atoms with E-state index in [-0.39, 0.29) is 36.2 Å². The van der Waals surface area contributed by atoms with Gasteiger partial charge < -0.3 is 5.32 Å². The maximum atomic E-state index is 12.1. The molecule has 1 N–H and O–H groups in total. The summed E-state index contributed by atoms with van der Waals surface area (Å²) in [4.78, 5) is 16.5. The van der Waals surface area contributed by atoms with Gasteiger partial charge in [-0.25, -0.2) is 13.4 Å². The van der Waals surface area contributed by atoms with E-state index < -0.39 is 9.84 Å². The molecule has 0 radical (unpaired) electrons. The Morgan fingerprint density at radius 1 is 1.38 bits per heavy atom. The Morgan fingerprint density at radius 2 is 2.19 bits per heavy atom. The third-order valence-corrected chi connectivity index (χ3v) is 6.23. The van der Waals surface area contributed by atoms with Crippen LogP contribution >= 0.6 is 11.3 Å². The number of ketones is 1. The molecule has 1 saturated heterocycles. The van der Waals surface area contributed by atoms with Crippen LogP contribution in [0.25, 0.3) is 10.2 Å². The smallest absolute Gasteiger partial charge is 0.153 e. The molecule has 1 aliphatic heterocycles. The van der Waals surface area contributed by atoms with E-state index in [0.717, 1.165) is 15.2 Å². The molecule has 5 nitrogen and oxygen atoms in total. The van der Waals surface area contributed by atoms with Crippen molar-refractivity contribution in [1.82, 2.24) is 10.3 Å². The van der Waals surface area contributed by atoms with E-state index in [4.69, 9.17) is 0 Å². The number of fused-ring (bicyclic) bond motifs is 1. The fourth-order valence-corrected chi connectivity index (χ4v) is 4.95. The number of Topliss-reactive ketones (excluding diaryl/α,β-unsaturated/α-hetero) is 1. The Bertz CT molecular complexity index is 734. The second kappa shape index (κ2) is 5.82. The molecule has 1 atom stereocenters. The van der Waals surface area contributed by atoms with Crippen LogP contribution in [0.2, 0.25) is 0 Å². The summed E-state index contributed by atoms with van der Waals surface area (Å²) < 4.78 is 24.2. The van der Waals surface area contributed by atoms with Gasteiger partial charge in [-0.1, -0.05) is 12.1 Å². The standard InChI is InChI=1S/C14H16N2O3S2/c17-11(7-10-9-21(18,19)6-5-15-10)8-14-16-12-3-1-2-4-13(12)20-14/h1-4,10,15H,5-9H2. The molecular weight excluding hydrogens is 308 g/mol. The number of hydrogen-bond acceptors (Lipinski definition) is 6. The van der Waals surface area contributed by atoms with E-state index in [9.17, 15) is 13.2 Å². The first-order valence-electron chi connectivity index (χ1n) is 6.82. The third kappa shape index (κ3) is 3.66. The monoisotopic (exact) mass is 324 g/mol. The molecule has 3 rings (SSSR count). The Kier molecular flexibility index (Phi) is 4.05. The van der Waals surface area contributed by atoms with Crippen molar-refractivity contribution in [2.45, 2.75) is 18.9 Å². The first-order valence-corrected chi connectivity index (χ1v) is 9.45. The lowest BCUT2D eigenvalue weighted by molar-refractivity contribution is -0.118. The Morgan fingerprint density at radius 3 is 2.95 bits per heavy atom. The molecule has 112 valence electrons. The summed E-state index contributed by atoms with van der Waals surface area (Å²) in [5.41, 5.74) is 0.906. The summed E-state index contributed by atoms with van der Waals surface area (Å²) in [6.07, 6.45) is 0.521. The molecule has 0 aliphatic carbocycles. The second-order valence-corrected chi connectivity index (χ2v) is 8.60. The topological polar surface area (TPSA) is 76.1 Å². The normalized spacial score (nSPS) is 21.4. The zero-order chi connectivity index (χ0) is 14.9. The molecule has 2 aromatic rings. The highest BCUT2D eigenvalue weighted by Crippen LogP contribution is 2.22. The summed E-state index contributed by atoms with van der Waals surface area (Å²) in [6.45, 7) is 0.432. The number of carbonyl (C=O) groups excluding carboxylic acids is 1. The fourth-order valence-electron chi connectivity index (χ4n) is 2.51. The van der Waals surface area contributed by atoms with Crippen LogP contribution in [0.5, 0.6) is 0 Å². The molecule has 0 bridgehead atoms. The van der Waals surface area contributed by atoms with Crippen LogP contribution in [0.4, 0.5) is 0 Å². The zero-order valence-electron chi connectivity index (χ0n) is 11.4. The van der Waals surface area contributed by atoms with E-state index in [1.807, 2.05) is 24.3 Å². The van der Waals surface area contributed by atoms with Crippen molar-refractivity contribution >= 4 is 37.2 Å². The van der Waals surface area contributed by atoms with Crippen molar-refractivity contribution in [3.05, 3.63) is 29.3 Å². The van der Waals surface area contributed by atoms with Gasteiger partial charge in [-0.2, -0.15) is 0 Å². The van der Waals surface area contributed by atoms with Crippen molar-refractivity contribution in [2.75, 3.05) is 18.1 Å². The molecule has 1 unspecified atom stereocenters. The van der Waals surface area contributed by atoms with Crippen molar-refractivity contribution < 1.29 is 13.2 Å². The van der Waals surface area contributed by atoms with Crippen LogP contribution in [-0.4, -0.2) is 43.3 Å². The molecule has 0 amide bonds. The summed E-state index contributed by atoms with van der Waals surface area (Å²) in [6, 6.07) is 7.52. The van der Waals surface area contributed by atoms with Crippen LogP contribution in [0.1, 0.15) is 11.4 Å². The van der Waals surface area contributed by atoms with Gasteiger partial charge in [-0.3, -0.25) is 4.79 Å². The average Bonchev–Trinajstić information content (AvgIpc) is 2.79. The maximum Gasteiger partial charge on any atom is 0.153 e. The predicted molar refractivity (Wildman–Crippen MR) is 83.4 cm³/mol. The van der Waals surface area contributed by atoms with Gasteiger partial charge in [0.05, 0.1) is 28.1 Å². The lowest BCUT2D eigenvalue weighted by atomic mass is 10.1. The van der Waals surface area contributed by atoms with E-state index in [2.05, 4.69) is 10.3 Å². The van der Waals surface area contributed by atoms with Crippen LogP contribution in [0.15, 0.2) is 24.3 Å². The molecule has 21 heavy (non-hydrogen) atoms. The maximum absolute atomic E-state index is 12.1. The lowest BCUT2D eigenvalue weighted by Crippen LogP contribution is -2.46. The van der Waals surface area contributed by atoms with Gasteiger partial charge in [0.25, 0.3) is 0 Å². The number of hydrogen-bond donors (Lipinski definition) is 1. The van der Waals surface area contributed by atoms with Gasteiger partial charge in [0.15, 0.2) is 9.84 Å². The summed E-state index contributed by atoms with van der Waals surface area (Å²) in [5, 5.41) is 3.89. The minimum absolute atomic E-state index is 0.0312. The van der Waals surface area contributed by atoms with Gasteiger partial charge in [0.1, 0.15) is 10.8 Å². The molecule has 1 fully saturated rings. The lowest BCUT2D eigenvalue weighted by Gasteiger charge is -2.22. The zero-order valence-corrected chi connectivity index (χ0v) is 13.0. The number of rotatable bonds is 4. The van der Waals surface area contributed by atoms with Gasteiger partial charge >= 0.3 is 0 Å². The van der Waals surface area contributed by atoms with Crippen LogP contribution in [0, 0.1) is 0 Å². The van der Waals surface area contributed by atoms with E-state index in [0.29, 0.717) is 6.54 Å². The molecule has 1 aromatic carbocycles. The minimum Gasteiger partial charge on any atom is -0.312 e. The Labute approximate surface area is 127 Å². The number of benzene rings is 1. The minimum atomic E-state index is -3.00. The molecule has 0 spiro atoms. The number of nitrogens with zero attached hydrogens (tertiary/aromatic N) is 1. The van der Waals surface area contributed by atoms with Gasteiger partial charge in [0.2, 0.25) is 0 Å². The van der Waals surface area contributed by atoms with Crippen molar-refractivity contribution in [1.29, 1.82) is 0 Å². The summed E-state index contributed by atoms with van der Waals surface area (Å²) >= 11 is 1.52. The quantitative estimate of drug-likeness (QED) is 0.914. The van der Waals surface area contributed by atoms with Gasteiger partial charge in [0, 0.05) is 19.0 Å². The van der Waals surface area contributed by atoms with Crippen molar-refractivity contribution in [2.24, 2.45) is 0 Å². The Balaban J connectivity index is 1.63. The van der Waals surface area contributed by atoms with Crippen molar-refractivity contribution in [3.63, 3.8) is 0 Å². The first kappa shape index (κ1) is 14.6. The molecule has 1 aliphatic rings. The van der Waals surface area contributed by atoms with E-state index in [1.165, 1.54) is 11.3 Å². The molecule has 1 aromatic heterocycles. The van der Waals surface area contributed by atoms with Gasteiger partial charge in [-0.15, -0.1) is 11.3 Å². The first-order chi connectivity index (χ1) is 10.0. The number of carbonyl (C=O) groups is 1. The van der Waals surface area contributed by atoms with Crippen LogP contribution in [-0.2, 0) is 21.1 Å². The molecular formula is C14H16N2O3S2. The summed E-state index contributed by atoms with van der Waals surface area (Å²) in [5.74, 6) is 0.248. The van der Waals surface area contributed by atoms with E-state index in [1.54, 1.807) is 0 Å². The second-order valence-electron chi connectivity index (χ2n) is 5.26. The summed E-state index contributed by atoms with van der Waals surface area (Å²) in [7, 11) is -3.00. The van der Waals surface area contributed by atoms with Gasteiger partial charge in [-0.05, 0) is 12.1 Å². The largest absolute Gasteiger partial charge is 0.312 e. The fraction of sp³-hybridized carbons (Fsp3) is 0.429. The Hall–Kier alpha value is -1.31. The van der Waals surface area contributed by atoms with Crippen LogP contribution in [0.3, 0.4) is 0 Å².